The van der Waals surface area contributed by atoms with Gasteiger partial charge in [0, 0.05) is 67.1 Å². The lowest BCUT2D eigenvalue weighted by atomic mass is 9.95. The lowest BCUT2D eigenvalue weighted by Crippen LogP contribution is -2.65. The van der Waals surface area contributed by atoms with Crippen molar-refractivity contribution in [1.29, 1.82) is 0 Å². The van der Waals surface area contributed by atoms with E-state index in [0.717, 1.165) is 22.6 Å². The molecule has 2 aliphatic heterocycles. The molecule has 0 spiro atoms. The number of hydrogen-bond acceptors (Lipinski definition) is 10. The Morgan fingerprint density at radius 1 is 1.21 bits per heavy atom. The van der Waals surface area contributed by atoms with Crippen molar-refractivity contribution < 1.29 is 18.3 Å². The van der Waals surface area contributed by atoms with Gasteiger partial charge in [-0.25, -0.2) is 18.4 Å². The van der Waals surface area contributed by atoms with Gasteiger partial charge in [0.25, 0.3) is 0 Å². The number of sulfone groups is 1. The predicted molar refractivity (Wildman–Crippen MR) is 157 cm³/mol. The highest BCUT2D eigenvalue weighted by Gasteiger charge is 2.40. The lowest BCUT2D eigenvalue weighted by Gasteiger charge is -2.47. The van der Waals surface area contributed by atoms with Gasteiger partial charge < -0.3 is 25.0 Å². The summed E-state index contributed by atoms with van der Waals surface area (Å²) in [4.78, 5) is 18.1. The summed E-state index contributed by atoms with van der Waals surface area (Å²) < 4.78 is 29.1. The van der Waals surface area contributed by atoms with Crippen molar-refractivity contribution >= 4 is 52.7 Å². The summed E-state index contributed by atoms with van der Waals surface area (Å²) in [6.45, 7) is 7.62. The molecule has 39 heavy (non-hydrogen) atoms. The zero-order chi connectivity index (χ0) is 27.9. The summed E-state index contributed by atoms with van der Waals surface area (Å²) in [5.74, 6) is 2.19. The van der Waals surface area contributed by atoms with Crippen LogP contribution in [-0.2, 0) is 14.6 Å². The largest absolute Gasteiger partial charge is 0.389 e. The number of aromatic nitrogens is 3. The van der Waals surface area contributed by atoms with Gasteiger partial charge in [0.05, 0.1) is 12.2 Å². The van der Waals surface area contributed by atoms with Gasteiger partial charge in [0.15, 0.2) is 0 Å². The molecule has 12 heteroatoms. The Bertz CT molecular complexity index is 1460. The van der Waals surface area contributed by atoms with Crippen LogP contribution < -0.4 is 15.1 Å². The second-order valence-corrected chi connectivity index (χ2v) is 16.4. The third kappa shape index (κ3) is 5.88. The van der Waals surface area contributed by atoms with E-state index in [2.05, 4.69) is 59.2 Å². The number of benzene rings is 1. The summed E-state index contributed by atoms with van der Waals surface area (Å²) in [5.41, 5.74) is 2.57. The second kappa shape index (κ2) is 11.0. The number of rotatable bonds is 8. The number of hydrogen-bond donors (Lipinski definition) is 2. The number of fused-ring (bicyclic) bond motifs is 1. The average molecular weight is 570 g/mol. The number of ether oxygens (including phenoxy) is 1. The molecule has 0 unspecified atom stereocenters. The molecule has 2 aliphatic rings. The SMILES string of the molecule is CO[C@@H]1CCN(c2nccc(Nc3cc4c(C(C)C)ccc(N5C[Si](CS(C)(=O)=O)[C@H]5C)c4cn3)n2)C[C@H]1O. The smallest absolute Gasteiger partial charge is 0.227 e. The highest BCUT2D eigenvalue weighted by atomic mass is 32.2. The van der Waals surface area contributed by atoms with Crippen molar-refractivity contribution in [2.75, 3.05) is 53.1 Å². The Morgan fingerprint density at radius 2 is 2.00 bits per heavy atom. The van der Waals surface area contributed by atoms with Crippen LogP contribution in [0, 0.1) is 0 Å². The molecular weight excluding hydrogens is 532 g/mol. The van der Waals surface area contributed by atoms with E-state index in [9.17, 15) is 13.5 Å². The number of anilines is 4. The molecule has 4 heterocycles. The van der Waals surface area contributed by atoms with Gasteiger partial charge in [0.1, 0.15) is 30.3 Å². The predicted octanol–water partition coefficient (Wildman–Crippen LogP) is 2.84. The van der Waals surface area contributed by atoms with Crippen LogP contribution in [0.2, 0.25) is 0 Å². The standard InChI is InChI=1S/C27H37N6O4SSi/c1-17(2)19-6-7-22(33-15-39(18(33)3)16-38(5,35)36)21-13-29-26(12-20(19)21)30-25-8-10-28-27(31-25)32-11-9-24(37-4)23(34)14-32/h6-8,10,12-13,17-18,23-24,34H,9,11,14-16H2,1-5H3,(H,28,29,30,31)/t18-,23+,24+/m0/s1. The fraction of sp³-hybridized carbons (Fsp3) is 0.519. The molecule has 0 bridgehead atoms. The van der Waals surface area contributed by atoms with Gasteiger partial charge in [-0.1, -0.05) is 19.9 Å². The summed E-state index contributed by atoms with van der Waals surface area (Å²) in [7, 11) is -2.33. The fourth-order valence-electron chi connectivity index (χ4n) is 5.53. The van der Waals surface area contributed by atoms with E-state index in [1.807, 2.05) is 11.1 Å². The van der Waals surface area contributed by atoms with Crippen molar-refractivity contribution in [2.45, 2.75) is 51.0 Å². The molecule has 2 aromatic heterocycles. The van der Waals surface area contributed by atoms with Crippen molar-refractivity contribution in [3.63, 3.8) is 0 Å². The van der Waals surface area contributed by atoms with E-state index in [-0.39, 0.29) is 11.8 Å². The number of nitrogens with zero attached hydrogens (tertiary/aromatic N) is 5. The zero-order valence-corrected chi connectivity index (χ0v) is 24.9. The normalized spacial score (nSPS) is 22.4. The molecule has 209 valence electrons. The number of aliphatic hydroxyl groups excluding tert-OH is 1. The van der Waals surface area contributed by atoms with Crippen LogP contribution in [0.25, 0.3) is 10.8 Å². The molecule has 3 aromatic rings. The molecule has 0 aliphatic carbocycles. The summed E-state index contributed by atoms with van der Waals surface area (Å²) in [5, 5.41) is 16.2. The topological polar surface area (TPSA) is 121 Å². The number of piperidine rings is 1. The minimum absolute atomic E-state index is 0.170. The number of nitrogens with one attached hydrogen (secondary N) is 1. The number of methoxy groups -OCH3 is 1. The minimum atomic E-state index is -2.97. The molecule has 0 saturated carbocycles. The van der Waals surface area contributed by atoms with Crippen LogP contribution >= 0.6 is 0 Å². The number of aliphatic hydroxyl groups is 1. The van der Waals surface area contributed by atoms with Crippen LogP contribution in [0.3, 0.4) is 0 Å². The molecule has 1 aromatic carbocycles. The first-order valence-corrected chi connectivity index (χ1v) is 17.4. The van der Waals surface area contributed by atoms with Gasteiger partial charge in [-0.2, -0.15) is 4.98 Å². The summed E-state index contributed by atoms with van der Waals surface area (Å²) >= 11 is 0. The summed E-state index contributed by atoms with van der Waals surface area (Å²) in [6, 6.07) is 8.20. The van der Waals surface area contributed by atoms with Crippen LogP contribution in [0.15, 0.2) is 36.7 Å². The monoisotopic (exact) mass is 569 g/mol. The van der Waals surface area contributed by atoms with Crippen molar-refractivity contribution in [3.05, 3.63) is 42.2 Å². The van der Waals surface area contributed by atoms with Gasteiger partial charge >= 0.3 is 0 Å². The Labute approximate surface area is 232 Å². The van der Waals surface area contributed by atoms with Gasteiger partial charge in [-0.15, -0.1) is 0 Å². The number of pyridine rings is 1. The highest BCUT2D eigenvalue weighted by Crippen LogP contribution is 2.37. The van der Waals surface area contributed by atoms with Crippen molar-refractivity contribution in [1.82, 2.24) is 15.0 Å². The molecular formula is C27H37N6O4SSi. The molecule has 5 rings (SSSR count). The molecule has 2 fully saturated rings. The van der Waals surface area contributed by atoms with E-state index in [4.69, 9.17) is 9.72 Å². The van der Waals surface area contributed by atoms with Crippen LogP contribution in [0.4, 0.5) is 23.3 Å². The van der Waals surface area contributed by atoms with E-state index >= 15 is 0 Å². The Hall–Kier alpha value is -2.80. The molecule has 0 amide bonds. The zero-order valence-electron chi connectivity index (χ0n) is 23.1. The highest BCUT2D eigenvalue weighted by molar-refractivity contribution is 7.92. The average Bonchev–Trinajstić information content (AvgIpc) is 2.89. The molecule has 10 nitrogen and oxygen atoms in total. The van der Waals surface area contributed by atoms with Crippen molar-refractivity contribution in [2.24, 2.45) is 0 Å². The van der Waals surface area contributed by atoms with E-state index in [1.54, 1.807) is 19.4 Å². The van der Waals surface area contributed by atoms with Crippen LogP contribution in [0.1, 0.15) is 38.7 Å². The Balaban J connectivity index is 1.40. The summed E-state index contributed by atoms with van der Waals surface area (Å²) in [6.07, 6.45) is 5.70. The van der Waals surface area contributed by atoms with Gasteiger partial charge in [0.2, 0.25) is 5.95 Å². The van der Waals surface area contributed by atoms with E-state index in [0.29, 0.717) is 48.4 Å². The maximum atomic E-state index is 11.9. The Morgan fingerprint density at radius 3 is 2.67 bits per heavy atom. The van der Waals surface area contributed by atoms with Crippen molar-refractivity contribution in [3.8, 4) is 0 Å². The second-order valence-electron chi connectivity index (χ2n) is 10.9. The molecule has 1 radical (unpaired) electrons. The van der Waals surface area contributed by atoms with E-state index < -0.39 is 24.7 Å². The molecule has 2 N–H and O–H groups in total. The number of β-amino-alcohol motifs (C(OH)–C–C–N with tert-alkyl or cyclic N) is 1. The first kappa shape index (κ1) is 27.8. The minimum Gasteiger partial charge on any atom is -0.389 e. The van der Waals surface area contributed by atoms with Crippen LogP contribution in [-0.4, -0.2) is 93.1 Å². The first-order valence-electron chi connectivity index (χ1n) is 13.3. The van der Waals surface area contributed by atoms with Gasteiger partial charge in [-0.05, 0) is 48.4 Å². The lowest BCUT2D eigenvalue weighted by molar-refractivity contribution is -0.0219. The fourth-order valence-corrected chi connectivity index (χ4v) is 11.1. The quantitative estimate of drug-likeness (QED) is 0.392. The first-order chi connectivity index (χ1) is 18.5. The third-order valence-electron chi connectivity index (χ3n) is 7.73. The maximum absolute atomic E-state index is 11.9. The third-order valence-corrected chi connectivity index (χ3v) is 13.5. The van der Waals surface area contributed by atoms with E-state index in [1.165, 1.54) is 11.8 Å². The molecule has 2 saturated heterocycles. The molecule has 3 atom stereocenters. The van der Waals surface area contributed by atoms with Gasteiger partial charge in [-0.3, -0.25) is 0 Å². The maximum Gasteiger partial charge on any atom is 0.227 e. The Kier molecular flexibility index (Phi) is 7.82. The van der Waals surface area contributed by atoms with Crippen LogP contribution in [0.5, 0.6) is 0 Å².